The lowest BCUT2D eigenvalue weighted by Crippen LogP contribution is -2.47. The number of likely N-dealkylation sites (tertiary alicyclic amines) is 1. The Balaban J connectivity index is 0.00000225. The number of amides is 1. The van der Waals surface area contributed by atoms with Crippen molar-refractivity contribution in [3.8, 4) is 0 Å². The van der Waals surface area contributed by atoms with Gasteiger partial charge in [-0.3, -0.25) is 4.79 Å². The van der Waals surface area contributed by atoms with Crippen LogP contribution in [0.1, 0.15) is 55.4 Å². The molecule has 0 bridgehead atoms. The zero-order chi connectivity index (χ0) is 19.0. The molecule has 1 saturated heterocycles. The first-order valence-electron chi connectivity index (χ1n) is 9.96. The lowest BCUT2D eigenvalue weighted by molar-refractivity contribution is -0.137. The smallest absolute Gasteiger partial charge is 0.232 e. The number of hydrogen-bond donors (Lipinski definition) is 1. The van der Waals surface area contributed by atoms with Crippen molar-refractivity contribution < 1.29 is 4.79 Å². The Hall–Kier alpha value is -1.92. The highest BCUT2D eigenvalue weighted by atomic mass is 35.5. The number of fused-ring (bicyclic) bond motifs is 1. The monoisotopic (exact) mass is 403 g/mol. The molecule has 2 aromatic rings. The Morgan fingerprint density at radius 3 is 2.46 bits per heavy atom. The van der Waals surface area contributed by atoms with Crippen LogP contribution in [0, 0.1) is 6.92 Å². The molecule has 0 radical (unpaired) electrons. The molecule has 1 aromatic heterocycles. The van der Waals surface area contributed by atoms with Gasteiger partial charge >= 0.3 is 0 Å². The van der Waals surface area contributed by atoms with Crippen molar-refractivity contribution in [1.29, 1.82) is 0 Å². The molecule has 6 nitrogen and oxygen atoms in total. The van der Waals surface area contributed by atoms with Crippen LogP contribution in [0.5, 0.6) is 0 Å². The van der Waals surface area contributed by atoms with E-state index in [0.717, 1.165) is 62.8 Å². The zero-order valence-electron chi connectivity index (χ0n) is 16.9. The average molecular weight is 404 g/mol. The van der Waals surface area contributed by atoms with Crippen molar-refractivity contribution in [2.75, 3.05) is 19.6 Å². The number of halogens is 1. The number of piperidine rings is 1. The van der Waals surface area contributed by atoms with E-state index in [-0.39, 0.29) is 18.3 Å². The molecule has 0 saturated carbocycles. The molecular formula is C21H30ClN5O. The second-order valence-electron chi connectivity index (χ2n) is 8.36. The Labute approximate surface area is 173 Å². The van der Waals surface area contributed by atoms with Crippen LogP contribution < -0.4 is 5.32 Å². The predicted molar refractivity (Wildman–Crippen MR) is 112 cm³/mol. The Kier molecular flexibility index (Phi) is 6.10. The highest BCUT2D eigenvalue weighted by Gasteiger charge is 2.36. The minimum Gasteiger partial charge on any atom is -0.342 e. The van der Waals surface area contributed by atoms with Gasteiger partial charge in [0.25, 0.3) is 0 Å². The van der Waals surface area contributed by atoms with Crippen LogP contribution in [-0.2, 0) is 23.3 Å². The second-order valence-corrected chi connectivity index (χ2v) is 8.36. The third kappa shape index (κ3) is 3.80. The van der Waals surface area contributed by atoms with Crippen molar-refractivity contribution >= 4 is 18.3 Å². The van der Waals surface area contributed by atoms with Crippen LogP contribution in [0.2, 0.25) is 0 Å². The number of hydrogen-bond acceptors (Lipinski definition) is 4. The highest BCUT2D eigenvalue weighted by Crippen LogP contribution is 2.32. The Bertz CT molecular complexity index is 822. The number of carbonyl (C=O) groups is 1. The van der Waals surface area contributed by atoms with Gasteiger partial charge in [0.15, 0.2) is 0 Å². The highest BCUT2D eigenvalue weighted by molar-refractivity contribution is 5.87. The van der Waals surface area contributed by atoms with Gasteiger partial charge in [0.05, 0.1) is 12.0 Å². The summed E-state index contributed by atoms with van der Waals surface area (Å²) in [5.74, 6) is 2.76. The number of aryl methyl sites for hydroxylation is 1. The maximum absolute atomic E-state index is 13.2. The van der Waals surface area contributed by atoms with Gasteiger partial charge in [0.1, 0.15) is 11.6 Å². The van der Waals surface area contributed by atoms with E-state index in [1.165, 1.54) is 5.56 Å². The van der Waals surface area contributed by atoms with Gasteiger partial charge in [0, 0.05) is 32.1 Å². The van der Waals surface area contributed by atoms with Crippen LogP contribution in [0.15, 0.2) is 24.3 Å². The largest absolute Gasteiger partial charge is 0.342 e. The Morgan fingerprint density at radius 2 is 1.79 bits per heavy atom. The minimum atomic E-state index is -0.500. The molecule has 1 amide bonds. The summed E-state index contributed by atoms with van der Waals surface area (Å²) in [5.41, 5.74) is 1.80. The first-order chi connectivity index (χ1) is 13.0. The zero-order valence-corrected chi connectivity index (χ0v) is 17.8. The fraction of sp³-hybridized carbons (Fsp3) is 0.571. The maximum Gasteiger partial charge on any atom is 0.232 e. The molecule has 152 valence electrons. The molecule has 2 aliphatic rings. The van der Waals surface area contributed by atoms with Crippen LogP contribution in [-0.4, -0.2) is 45.2 Å². The van der Waals surface area contributed by atoms with Crippen LogP contribution in [0.4, 0.5) is 0 Å². The third-order valence-electron chi connectivity index (χ3n) is 6.11. The van der Waals surface area contributed by atoms with Gasteiger partial charge in [-0.2, -0.15) is 0 Å². The molecule has 2 aliphatic heterocycles. The molecule has 0 aliphatic carbocycles. The molecular weight excluding hydrogens is 374 g/mol. The number of carbonyl (C=O) groups excluding carboxylic acids is 1. The standard InChI is InChI=1S/C21H29N5O.ClH/c1-15-4-6-17(7-5-15)21(2,3)20(27)25-11-8-16(9-12-25)19-24-23-18-14-22-10-13-26(18)19;/h4-7,16,22H,8-14H2,1-3H3;1H. The molecule has 0 unspecified atom stereocenters. The number of nitrogens with zero attached hydrogens (tertiary/aromatic N) is 4. The van der Waals surface area contributed by atoms with E-state index in [2.05, 4.69) is 51.3 Å². The first-order valence-corrected chi connectivity index (χ1v) is 9.96. The van der Waals surface area contributed by atoms with E-state index in [4.69, 9.17) is 0 Å². The van der Waals surface area contributed by atoms with Crippen molar-refractivity contribution in [1.82, 2.24) is 25.0 Å². The van der Waals surface area contributed by atoms with E-state index in [0.29, 0.717) is 5.92 Å². The predicted octanol–water partition coefficient (Wildman–Crippen LogP) is 2.80. The summed E-state index contributed by atoms with van der Waals surface area (Å²) in [6.45, 7) is 10.4. The van der Waals surface area contributed by atoms with E-state index in [1.54, 1.807) is 0 Å². The SMILES string of the molecule is Cc1ccc(C(C)(C)C(=O)N2CCC(c3nnc4n3CCNC4)CC2)cc1.Cl. The summed E-state index contributed by atoms with van der Waals surface area (Å²) >= 11 is 0. The summed E-state index contributed by atoms with van der Waals surface area (Å²) in [6, 6.07) is 8.33. The molecule has 0 atom stereocenters. The van der Waals surface area contributed by atoms with Crippen molar-refractivity contribution in [3.05, 3.63) is 47.0 Å². The summed E-state index contributed by atoms with van der Waals surface area (Å²) in [4.78, 5) is 15.2. The van der Waals surface area contributed by atoms with Gasteiger partial charge in [-0.1, -0.05) is 29.8 Å². The van der Waals surface area contributed by atoms with Crippen LogP contribution in [0.3, 0.4) is 0 Å². The number of nitrogens with one attached hydrogen (secondary N) is 1. The summed E-state index contributed by atoms with van der Waals surface area (Å²) in [7, 11) is 0. The van der Waals surface area contributed by atoms with E-state index in [9.17, 15) is 4.79 Å². The van der Waals surface area contributed by atoms with Crippen molar-refractivity contribution in [3.63, 3.8) is 0 Å². The number of aromatic nitrogens is 3. The number of rotatable bonds is 3. The normalized spacial score (nSPS) is 17.8. The molecule has 1 N–H and O–H groups in total. The van der Waals surface area contributed by atoms with E-state index >= 15 is 0 Å². The van der Waals surface area contributed by atoms with E-state index in [1.807, 2.05) is 18.7 Å². The molecule has 28 heavy (non-hydrogen) atoms. The first kappa shape index (κ1) is 20.8. The Morgan fingerprint density at radius 1 is 1.11 bits per heavy atom. The molecule has 4 rings (SSSR count). The number of benzene rings is 1. The van der Waals surface area contributed by atoms with Crippen LogP contribution in [0.25, 0.3) is 0 Å². The topological polar surface area (TPSA) is 63.1 Å². The quantitative estimate of drug-likeness (QED) is 0.855. The summed E-state index contributed by atoms with van der Waals surface area (Å²) < 4.78 is 2.27. The lowest BCUT2D eigenvalue weighted by atomic mass is 9.82. The van der Waals surface area contributed by atoms with Gasteiger partial charge in [-0.15, -0.1) is 22.6 Å². The minimum absolute atomic E-state index is 0. The van der Waals surface area contributed by atoms with Crippen molar-refractivity contribution in [2.24, 2.45) is 0 Å². The molecule has 7 heteroatoms. The van der Waals surface area contributed by atoms with Crippen molar-refractivity contribution in [2.45, 2.75) is 58.0 Å². The molecule has 0 spiro atoms. The third-order valence-corrected chi connectivity index (χ3v) is 6.11. The van der Waals surface area contributed by atoms with E-state index < -0.39 is 5.41 Å². The molecule has 1 fully saturated rings. The average Bonchev–Trinajstić information content (AvgIpc) is 3.12. The van der Waals surface area contributed by atoms with Gasteiger partial charge in [-0.25, -0.2) is 0 Å². The van der Waals surface area contributed by atoms with Gasteiger partial charge < -0.3 is 14.8 Å². The summed E-state index contributed by atoms with van der Waals surface area (Å²) in [5, 5.41) is 12.1. The van der Waals surface area contributed by atoms with Gasteiger partial charge in [-0.05, 0) is 39.2 Å². The fourth-order valence-electron chi connectivity index (χ4n) is 4.25. The van der Waals surface area contributed by atoms with Gasteiger partial charge in [0.2, 0.25) is 5.91 Å². The molecule has 1 aromatic carbocycles. The second kappa shape index (κ2) is 8.21. The molecule has 3 heterocycles. The van der Waals surface area contributed by atoms with Crippen LogP contribution >= 0.6 is 12.4 Å². The fourth-order valence-corrected chi connectivity index (χ4v) is 4.25. The lowest BCUT2D eigenvalue weighted by Gasteiger charge is -2.37. The maximum atomic E-state index is 13.2. The summed E-state index contributed by atoms with van der Waals surface area (Å²) in [6.07, 6.45) is 1.92.